The molecule has 1 rings (SSSR count). The van der Waals surface area contributed by atoms with Gasteiger partial charge >= 0.3 is 5.97 Å². The molecule has 27 heavy (non-hydrogen) atoms. The Morgan fingerprint density at radius 2 is 2.00 bits per heavy atom. The summed E-state index contributed by atoms with van der Waals surface area (Å²) in [6.45, 7) is 6.18. The predicted octanol–water partition coefficient (Wildman–Crippen LogP) is 3.89. The molecule has 1 aliphatic carbocycles. The number of hydrogen-bond acceptors (Lipinski definition) is 4. The maximum absolute atomic E-state index is 12.3. The van der Waals surface area contributed by atoms with Gasteiger partial charge in [0.25, 0.3) is 0 Å². The lowest BCUT2D eigenvalue weighted by Crippen LogP contribution is -2.28. The summed E-state index contributed by atoms with van der Waals surface area (Å²) < 4.78 is 0. The van der Waals surface area contributed by atoms with Crippen LogP contribution in [0.2, 0.25) is 0 Å². The third kappa shape index (κ3) is 7.97. The maximum Gasteiger partial charge on any atom is 0.303 e. The lowest BCUT2D eigenvalue weighted by Gasteiger charge is -2.29. The van der Waals surface area contributed by atoms with Crippen molar-refractivity contribution in [3.8, 4) is 0 Å². The Balaban J connectivity index is 2.63. The summed E-state index contributed by atoms with van der Waals surface area (Å²) in [5.41, 5.74) is -0.244. The number of unbranched alkanes of at least 4 members (excludes halogenated alkanes) is 2. The highest BCUT2D eigenvalue weighted by Crippen LogP contribution is 2.35. The zero-order chi connectivity index (χ0) is 20.4. The largest absolute Gasteiger partial charge is 0.481 e. The number of rotatable bonds is 12. The molecule has 0 spiro atoms. The van der Waals surface area contributed by atoms with Crippen molar-refractivity contribution >= 4 is 11.8 Å². The van der Waals surface area contributed by atoms with E-state index in [1.165, 1.54) is 0 Å². The third-order valence-corrected chi connectivity index (χ3v) is 5.55. The van der Waals surface area contributed by atoms with E-state index in [0.29, 0.717) is 19.3 Å². The van der Waals surface area contributed by atoms with Crippen molar-refractivity contribution in [2.24, 2.45) is 17.3 Å². The molecular formula is C22H36O5. The number of carboxylic acids is 1. The summed E-state index contributed by atoms with van der Waals surface area (Å²) in [6.07, 6.45) is 11.2. The number of carboxylic acid groups (broad SMARTS) is 1. The number of carbonyl (C=O) groups excluding carboxylic acids is 1. The molecule has 1 aliphatic rings. The van der Waals surface area contributed by atoms with Gasteiger partial charge in [-0.3, -0.25) is 9.59 Å². The first kappa shape index (κ1) is 23.6. The summed E-state index contributed by atoms with van der Waals surface area (Å²) in [4.78, 5) is 22.8. The van der Waals surface area contributed by atoms with Crippen LogP contribution >= 0.6 is 0 Å². The van der Waals surface area contributed by atoms with Crippen molar-refractivity contribution in [1.82, 2.24) is 0 Å². The first-order valence-corrected chi connectivity index (χ1v) is 10.1. The molecule has 1 saturated carbocycles. The molecule has 154 valence electrons. The van der Waals surface area contributed by atoms with Gasteiger partial charge in [-0.05, 0) is 31.1 Å². The quantitative estimate of drug-likeness (QED) is 0.353. The van der Waals surface area contributed by atoms with Gasteiger partial charge in [0.2, 0.25) is 0 Å². The molecule has 0 aromatic heterocycles. The van der Waals surface area contributed by atoms with Crippen molar-refractivity contribution in [3.05, 3.63) is 24.3 Å². The van der Waals surface area contributed by atoms with Gasteiger partial charge < -0.3 is 15.3 Å². The minimum atomic E-state index is -0.800. The third-order valence-electron chi connectivity index (χ3n) is 5.55. The van der Waals surface area contributed by atoms with Crippen LogP contribution in [-0.4, -0.2) is 39.3 Å². The van der Waals surface area contributed by atoms with Crippen molar-refractivity contribution in [3.63, 3.8) is 0 Å². The zero-order valence-electron chi connectivity index (χ0n) is 16.9. The average molecular weight is 381 g/mol. The minimum Gasteiger partial charge on any atom is -0.481 e. The number of aliphatic carboxylic acids is 1. The van der Waals surface area contributed by atoms with Crippen molar-refractivity contribution in [2.75, 3.05) is 0 Å². The predicted molar refractivity (Wildman–Crippen MR) is 106 cm³/mol. The summed E-state index contributed by atoms with van der Waals surface area (Å²) >= 11 is 0. The van der Waals surface area contributed by atoms with Crippen molar-refractivity contribution in [2.45, 2.75) is 84.3 Å². The Hall–Kier alpha value is -1.46. The first-order valence-electron chi connectivity index (χ1n) is 10.1. The number of allylic oxidation sites excluding steroid dienone is 3. The molecule has 0 radical (unpaired) electrons. The van der Waals surface area contributed by atoms with E-state index in [-0.39, 0.29) is 35.9 Å². The van der Waals surface area contributed by atoms with Crippen LogP contribution in [0.25, 0.3) is 0 Å². The summed E-state index contributed by atoms with van der Waals surface area (Å²) in [7, 11) is 0. The highest BCUT2D eigenvalue weighted by molar-refractivity contribution is 5.86. The Kier molecular flexibility index (Phi) is 9.95. The van der Waals surface area contributed by atoms with Gasteiger partial charge in [-0.15, -0.1) is 0 Å². The summed E-state index contributed by atoms with van der Waals surface area (Å²) in [5, 5.41) is 29.3. The first-order chi connectivity index (χ1) is 12.7. The molecule has 5 heteroatoms. The molecule has 0 saturated heterocycles. The maximum atomic E-state index is 12.3. The zero-order valence-corrected chi connectivity index (χ0v) is 16.9. The van der Waals surface area contributed by atoms with Gasteiger partial charge in [0.05, 0.1) is 12.2 Å². The van der Waals surface area contributed by atoms with Gasteiger partial charge in [0, 0.05) is 24.7 Å². The number of ketones is 1. The van der Waals surface area contributed by atoms with Crippen LogP contribution in [0.3, 0.4) is 0 Å². The number of aliphatic hydroxyl groups excluding tert-OH is 2. The Morgan fingerprint density at radius 1 is 1.30 bits per heavy atom. The Labute approximate surface area is 163 Å². The fourth-order valence-electron chi connectivity index (χ4n) is 3.53. The van der Waals surface area contributed by atoms with Crippen LogP contribution in [0.15, 0.2) is 24.3 Å². The molecule has 0 bridgehead atoms. The molecule has 0 aliphatic heterocycles. The fraction of sp³-hybridized carbons (Fsp3) is 0.727. The van der Waals surface area contributed by atoms with Crippen LogP contribution in [0, 0.1) is 17.3 Å². The molecule has 4 atom stereocenters. The topological polar surface area (TPSA) is 94.8 Å². The second kappa shape index (κ2) is 11.4. The Morgan fingerprint density at radius 3 is 2.63 bits per heavy atom. The molecule has 0 aromatic rings. The molecule has 5 nitrogen and oxygen atoms in total. The molecule has 0 amide bonds. The number of Topliss-reactive ketones (excluding diaryl/α,β-unsaturated/α-hetero) is 1. The van der Waals surface area contributed by atoms with Gasteiger partial charge in [-0.2, -0.15) is 0 Å². The van der Waals surface area contributed by atoms with Crippen LogP contribution in [0.5, 0.6) is 0 Å². The normalized spacial score (nSPS) is 24.9. The van der Waals surface area contributed by atoms with Crippen LogP contribution in [0.4, 0.5) is 0 Å². The molecule has 1 fully saturated rings. The fourth-order valence-corrected chi connectivity index (χ4v) is 3.53. The monoisotopic (exact) mass is 380 g/mol. The standard InChI is InChI=1S/C22H36O5/c1-4-5-14-22(2,3)20(25)13-12-17-16(18(23)15-19(17)24)10-8-6-7-9-11-21(26)27/h6,8,12-13,16-18,20,23,25H,4-5,7,9-11,14-15H2,1-3H3,(H,26,27)/b8-6-,13-12-/t16-,17-,18+,20-/m1/s1. The lowest BCUT2D eigenvalue weighted by atomic mass is 9.80. The van der Waals surface area contributed by atoms with E-state index in [0.717, 1.165) is 19.3 Å². The molecule has 3 N–H and O–H groups in total. The van der Waals surface area contributed by atoms with E-state index in [1.54, 1.807) is 12.2 Å². The minimum absolute atomic E-state index is 0.0154. The van der Waals surface area contributed by atoms with E-state index in [9.17, 15) is 19.8 Å². The number of aliphatic hydroxyl groups is 2. The second-order valence-corrected chi connectivity index (χ2v) is 8.34. The number of carbonyl (C=O) groups is 2. The average Bonchev–Trinajstić information content (AvgIpc) is 2.86. The second-order valence-electron chi connectivity index (χ2n) is 8.34. The van der Waals surface area contributed by atoms with Crippen molar-refractivity contribution < 1.29 is 24.9 Å². The van der Waals surface area contributed by atoms with Crippen molar-refractivity contribution in [1.29, 1.82) is 0 Å². The van der Waals surface area contributed by atoms with E-state index in [4.69, 9.17) is 5.11 Å². The molecule has 0 heterocycles. The number of hydrogen-bond donors (Lipinski definition) is 3. The van der Waals surface area contributed by atoms with Crippen LogP contribution in [-0.2, 0) is 9.59 Å². The molecule has 0 unspecified atom stereocenters. The van der Waals surface area contributed by atoms with E-state index >= 15 is 0 Å². The summed E-state index contributed by atoms with van der Waals surface area (Å²) in [6, 6.07) is 0. The summed E-state index contributed by atoms with van der Waals surface area (Å²) in [5.74, 6) is -1.34. The Bertz CT molecular complexity index is 535. The van der Waals surface area contributed by atoms with E-state index in [2.05, 4.69) is 6.92 Å². The van der Waals surface area contributed by atoms with Crippen LogP contribution < -0.4 is 0 Å². The van der Waals surface area contributed by atoms with Gasteiger partial charge in [0.1, 0.15) is 5.78 Å². The smallest absolute Gasteiger partial charge is 0.303 e. The van der Waals surface area contributed by atoms with E-state index < -0.39 is 18.2 Å². The van der Waals surface area contributed by atoms with E-state index in [1.807, 2.05) is 26.0 Å². The lowest BCUT2D eigenvalue weighted by molar-refractivity contribution is -0.137. The molecule has 0 aromatic carbocycles. The highest BCUT2D eigenvalue weighted by Gasteiger charge is 2.39. The van der Waals surface area contributed by atoms with Gasteiger partial charge in [-0.25, -0.2) is 0 Å². The highest BCUT2D eigenvalue weighted by atomic mass is 16.4. The van der Waals surface area contributed by atoms with Gasteiger partial charge in [-0.1, -0.05) is 57.9 Å². The SMILES string of the molecule is CCCCC(C)(C)[C@H](O)/C=C\[C@H]1C(=O)C[C@H](O)[C@@H]1C/C=C\CCCC(=O)O. The van der Waals surface area contributed by atoms with Crippen LogP contribution in [0.1, 0.15) is 72.1 Å². The van der Waals surface area contributed by atoms with Gasteiger partial charge in [0.15, 0.2) is 0 Å². The molecular weight excluding hydrogens is 344 g/mol.